The SMILES string of the molecule is CC(C)N(CC(=O)N1CCc2sccc2[C@@H]1COc1ccccc1)C(=O)c1ccccc1F. The van der Waals surface area contributed by atoms with Crippen molar-refractivity contribution < 1.29 is 18.7 Å². The molecule has 2 aromatic carbocycles. The molecule has 0 N–H and O–H groups in total. The lowest BCUT2D eigenvalue weighted by Crippen LogP contribution is -2.49. The van der Waals surface area contributed by atoms with E-state index in [-0.39, 0.29) is 30.1 Å². The van der Waals surface area contributed by atoms with Crippen molar-refractivity contribution in [2.24, 2.45) is 0 Å². The number of nitrogens with zero attached hydrogens (tertiary/aromatic N) is 2. The van der Waals surface area contributed by atoms with Crippen LogP contribution in [0.2, 0.25) is 0 Å². The van der Waals surface area contributed by atoms with Crippen molar-refractivity contribution in [3.63, 3.8) is 0 Å². The third-order valence-electron chi connectivity index (χ3n) is 5.86. The van der Waals surface area contributed by atoms with Gasteiger partial charge in [-0.2, -0.15) is 0 Å². The van der Waals surface area contributed by atoms with Crippen LogP contribution >= 0.6 is 11.3 Å². The second-order valence-corrected chi connectivity index (χ2v) is 9.28. The van der Waals surface area contributed by atoms with E-state index < -0.39 is 11.7 Å². The van der Waals surface area contributed by atoms with Gasteiger partial charge in [-0.05, 0) is 61.5 Å². The second-order valence-electron chi connectivity index (χ2n) is 8.28. The predicted molar refractivity (Wildman–Crippen MR) is 127 cm³/mol. The van der Waals surface area contributed by atoms with Gasteiger partial charge in [-0.15, -0.1) is 11.3 Å². The van der Waals surface area contributed by atoms with Crippen molar-refractivity contribution in [3.8, 4) is 5.75 Å². The summed E-state index contributed by atoms with van der Waals surface area (Å²) in [6.45, 7) is 4.41. The van der Waals surface area contributed by atoms with Gasteiger partial charge in [0.2, 0.25) is 5.91 Å². The van der Waals surface area contributed by atoms with E-state index in [0.717, 1.165) is 17.7 Å². The summed E-state index contributed by atoms with van der Waals surface area (Å²) in [4.78, 5) is 31.0. The van der Waals surface area contributed by atoms with Crippen LogP contribution in [0.4, 0.5) is 4.39 Å². The zero-order valence-corrected chi connectivity index (χ0v) is 19.6. The lowest BCUT2D eigenvalue weighted by molar-refractivity contribution is -0.136. The maximum Gasteiger partial charge on any atom is 0.257 e. The predicted octanol–water partition coefficient (Wildman–Crippen LogP) is 4.94. The van der Waals surface area contributed by atoms with Crippen molar-refractivity contribution in [3.05, 3.63) is 87.9 Å². The number of carbonyl (C=O) groups is 2. The molecule has 4 rings (SSSR count). The molecule has 0 spiro atoms. The van der Waals surface area contributed by atoms with Crippen LogP contribution in [0, 0.1) is 5.82 Å². The van der Waals surface area contributed by atoms with E-state index in [1.54, 1.807) is 28.4 Å². The van der Waals surface area contributed by atoms with Gasteiger partial charge < -0.3 is 14.5 Å². The molecule has 2 heterocycles. The van der Waals surface area contributed by atoms with E-state index in [2.05, 4.69) is 0 Å². The number of fused-ring (bicyclic) bond motifs is 1. The van der Waals surface area contributed by atoms with Gasteiger partial charge in [-0.3, -0.25) is 9.59 Å². The Morgan fingerprint density at radius 3 is 2.58 bits per heavy atom. The molecule has 1 aliphatic rings. The molecule has 0 saturated carbocycles. The third kappa shape index (κ3) is 5.09. The van der Waals surface area contributed by atoms with Gasteiger partial charge >= 0.3 is 0 Å². The van der Waals surface area contributed by atoms with Crippen molar-refractivity contribution in [1.29, 1.82) is 0 Å². The Kier molecular flexibility index (Phi) is 7.08. The van der Waals surface area contributed by atoms with Crippen molar-refractivity contribution >= 4 is 23.2 Å². The molecular weight excluding hydrogens is 439 g/mol. The van der Waals surface area contributed by atoms with E-state index in [0.29, 0.717) is 13.2 Å². The van der Waals surface area contributed by atoms with Gasteiger partial charge in [0, 0.05) is 17.5 Å². The van der Waals surface area contributed by atoms with Crippen molar-refractivity contribution in [1.82, 2.24) is 9.80 Å². The highest BCUT2D eigenvalue weighted by Crippen LogP contribution is 2.34. The van der Waals surface area contributed by atoms with Gasteiger partial charge in [-0.1, -0.05) is 30.3 Å². The van der Waals surface area contributed by atoms with Crippen molar-refractivity contribution in [2.45, 2.75) is 32.4 Å². The largest absolute Gasteiger partial charge is 0.491 e. The first-order chi connectivity index (χ1) is 16.0. The van der Waals surface area contributed by atoms with Crippen LogP contribution < -0.4 is 4.74 Å². The normalized spacial score (nSPS) is 15.3. The first-order valence-electron chi connectivity index (χ1n) is 11.0. The Labute approximate surface area is 197 Å². The molecule has 2 amide bonds. The second kappa shape index (κ2) is 10.2. The van der Waals surface area contributed by atoms with Crippen LogP contribution in [0.5, 0.6) is 5.75 Å². The average molecular weight is 467 g/mol. The van der Waals surface area contributed by atoms with Crippen LogP contribution in [0.1, 0.15) is 40.7 Å². The van der Waals surface area contributed by atoms with Crippen LogP contribution in [0.3, 0.4) is 0 Å². The molecular formula is C26H27FN2O3S. The van der Waals surface area contributed by atoms with Gasteiger partial charge in [0.1, 0.15) is 24.7 Å². The molecule has 1 atom stereocenters. The fourth-order valence-corrected chi connectivity index (χ4v) is 5.01. The lowest BCUT2D eigenvalue weighted by Gasteiger charge is -2.37. The van der Waals surface area contributed by atoms with E-state index in [4.69, 9.17) is 4.74 Å². The number of benzene rings is 2. The number of halogens is 1. The van der Waals surface area contributed by atoms with Gasteiger partial charge in [-0.25, -0.2) is 4.39 Å². The summed E-state index contributed by atoms with van der Waals surface area (Å²) in [5, 5.41) is 2.04. The number of ether oxygens (including phenoxy) is 1. The fraction of sp³-hybridized carbons (Fsp3) is 0.308. The summed E-state index contributed by atoms with van der Waals surface area (Å²) in [5.74, 6) is -0.505. The Bertz CT molecular complexity index is 1120. The average Bonchev–Trinajstić information content (AvgIpc) is 3.30. The summed E-state index contributed by atoms with van der Waals surface area (Å²) in [6, 6.07) is 16.9. The lowest BCUT2D eigenvalue weighted by atomic mass is 10.00. The van der Waals surface area contributed by atoms with Gasteiger partial charge in [0.15, 0.2) is 0 Å². The van der Waals surface area contributed by atoms with E-state index in [9.17, 15) is 14.0 Å². The summed E-state index contributed by atoms with van der Waals surface area (Å²) in [6.07, 6.45) is 0.767. The quantitative estimate of drug-likeness (QED) is 0.495. The zero-order chi connectivity index (χ0) is 23.4. The molecule has 0 bridgehead atoms. The minimum atomic E-state index is -0.587. The Hall–Kier alpha value is -3.19. The van der Waals surface area contributed by atoms with Crippen LogP contribution in [-0.4, -0.2) is 47.4 Å². The third-order valence-corrected chi connectivity index (χ3v) is 6.86. The molecule has 1 aliphatic heterocycles. The molecule has 5 nitrogen and oxygen atoms in total. The molecule has 0 saturated heterocycles. The number of amides is 2. The first-order valence-corrected chi connectivity index (χ1v) is 11.9. The topological polar surface area (TPSA) is 49.9 Å². The highest BCUT2D eigenvalue weighted by atomic mass is 32.1. The molecule has 1 aromatic heterocycles. The number of carbonyl (C=O) groups excluding carboxylic acids is 2. The monoisotopic (exact) mass is 466 g/mol. The minimum absolute atomic E-state index is 0.0262. The van der Waals surface area contributed by atoms with Crippen LogP contribution in [0.25, 0.3) is 0 Å². The maximum absolute atomic E-state index is 14.3. The number of para-hydroxylation sites is 1. The Morgan fingerprint density at radius 2 is 1.85 bits per heavy atom. The number of thiophene rings is 1. The first kappa shape index (κ1) is 23.0. The van der Waals surface area contributed by atoms with Crippen LogP contribution in [-0.2, 0) is 11.2 Å². The summed E-state index contributed by atoms with van der Waals surface area (Å²) < 4.78 is 20.3. The van der Waals surface area contributed by atoms with Gasteiger partial charge in [0.05, 0.1) is 11.6 Å². The summed E-state index contributed by atoms with van der Waals surface area (Å²) >= 11 is 1.69. The van der Waals surface area contributed by atoms with E-state index in [1.165, 1.54) is 21.9 Å². The Morgan fingerprint density at radius 1 is 1.12 bits per heavy atom. The Balaban J connectivity index is 1.54. The molecule has 7 heteroatoms. The molecule has 33 heavy (non-hydrogen) atoms. The number of hydrogen-bond donors (Lipinski definition) is 0. The standard InChI is InChI=1S/C26H27FN2O3S/c1-18(2)29(26(31)20-10-6-7-11-22(20)27)16-25(30)28-14-12-24-21(13-15-33-24)23(28)17-32-19-8-4-3-5-9-19/h3-11,13,15,18,23H,12,14,16-17H2,1-2H3/t23-/m0/s1. The number of hydrogen-bond acceptors (Lipinski definition) is 4. The van der Waals surface area contributed by atoms with Gasteiger partial charge in [0.25, 0.3) is 5.91 Å². The fourth-order valence-electron chi connectivity index (χ4n) is 4.08. The molecule has 172 valence electrons. The van der Waals surface area contributed by atoms with E-state index in [1.807, 2.05) is 55.6 Å². The van der Waals surface area contributed by atoms with E-state index >= 15 is 0 Å². The van der Waals surface area contributed by atoms with Crippen LogP contribution in [0.15, 0.2) is 66.0 Å². The smallest absolute Gasteiger partial charge is 0.257 e. The van der Waals surface area contributed by atoms with Crippen molar-refractivity contribution in [2.75, 3.05) is 19.7 Å². The molecule has 3 aromatic rings. The summed E-state index contributed by atoms with van der Waals surface area (Å²) in [5.41, 5.74) is 1.06. The molecule has 0 unspecified atom stereocenters. The molecule has 0 fully saturated rings. The molecule has 0 aliphatic carbocycles. The number of rotatable bonds is 7. The maximum atomic E-state index is 14.3. The zero-order valence-electron chi connectivity index (χ0n) is 18.7. The minimum Gasteiger partial charge on any atom is -0.491 e. The summed E-state index contributed by atoms with van der Waals surface area (Å²) in [7, 11) is 0. The molecule has 0 radical (unpaired) electrons. The highest BCUT2D eigenvalue weighted by molar-refractivity contribution is 7.10. The highest BCUT2D eigenvalue weighted by Gasteiger charge is 2.34.